The Morgan fingerprint density at radius 3 is 1.60 bits per heavy atom. The van der Waals surface area contributed by atoms with E-state index in [0.717, 1.165) is 11.8 Å². The smallest absolute Gasteiger partial charge is 0.0967 e. The van der Waals surface area contributed by atoms with E-state index in [4.69, 9.17) is 23.2 Å². The molecule has 2 aliphatic rings. The molecule has 0 aliphatic heterocycles. The lowest BCUT2D eigenvalue weighted by Gasteiger charge is -1.96. The van der Waals surface area contributed by atoms with Crippen LogP contribution in [0.2, 0.25) is 0 Å². The van der Waals surface area contributed by atoms with E-state index in [-0.39, 0.29) is 5.34 Å². The van der Waals surface area contributed by atoms with Gasteiger partial charge in [-0.2, -0.15) is 0 Å². The zero-order chi connectivity index (χ0) is 7.40. The largest absolute Gasteiger partial charge is 0.109 e. The summed E-state index contributed by atoms with van der Waals surface area (Å²) >= 11 is 9.53. The van der Waals surface area contributed by atoms with Gasteiger partial charge in [0.05, 0.1) is 5.34 Å². The molecular formula is C8H12Cl2. The van der Waals surface area contributed by atoms with E-state index in [0.29, 0.717) is 0 Å². The van der Waals surface area contributed by atoms with Gasteiger partial charge < -0.3 is 0 Å². The van der Waals surface area contributed by atoms with Gasteiger partial charge in [-0.1, -0.05) is 12.2 Å². The first kappa shape index (κ1) is 8.42. The topological polar surface area (TPSA) is 0 Å². The summed E-state index contributed by atoms with van der Waals surface area (Å²) in [5, 5.41) is 0.194. The first-order valence-corrected chi connectivity index (χ1v) is 4.74. The number of fused-ring (bicyclic) bond motifs is 2. The molecule has 2 atom stereocenters. The van der Waals surface area contributed by atoms with Crippen molar-refractivity contribution in [2.24, 2.45) is 11.8 Å². The molecule has 2 heteroatoms. The highest BCUT2D eigenvalue weighted by Crippen LogP contribution is 2.38. The maximum absolute atomic E-state index is 4.76. The van der Waals surface area contributed by atoms with Crippen molar-refractivity contribution in [3.05, 3.63) is 12.2 Å². The van der Waals surface area contributed by atoms with Crippen molar-refractivity contribution in [2.75, 3.05) is 5.34 Å². The van der Waals surface area contributed by atoms with Crippen molar-refractivity contribution >= 4 is 23.2 Å². The average molecular weight is 179 g/mol. The molecule has 2 bridgehead atoms. The van der Waals surface area contributed by atoms with Crippen molar-refractivity contribution in [1.29, 1.82) is 0 Å². The molecule has 0 nitrogen and oxygen atoms in total. The molecule has 2 aliphatic carbocycles. The third-order valence-electron chi connectivity index (χ3n) is 2.17. The van der Waals surface area contributed by atoms with Crippen molar-refractivity contribution in [2.45, 2.75) is 19.3 Å². The van der Waals surface area contributed by atoms with Crippen molar-refractivity contribution in [1.82, 2.24) is 0 Å². The molecule has 10 heavy (non-hydrogen) atoms. The quantitative estimate of drug-likeness (QED) is 0.395. The molecule has 0 N–H and O–H groups in total. The SMILES string of the molecule is C1=CC2CCC1C2.ClCCl. The highest BCUT2D eigenvalue weighted by atomic mass is 35.5. The van der Waals surface area contributed by atoms with Crippen LogP contribution in [0.4, 0.5) is 0 Å². The Balaban J connectivity index is 0.000000148. The van der Waals surface area contributed by atoms with Crippen molar-refractivity contribution in [3.63, 3.8) is 0 Å². The van der Waals surface area contributed by atoms with E-state index < -0.39 is 0 Å². The van der Waals surface area contributed by atoms with Gasteiger partial charge in [0.25, 0.3) is 0 Å². The van der Waals surface area contributed by atoms with Crippen LogP contribution in [0.3, 0.4) is 0 Å². The van der Waals surface area contributed by atoms with Crippen LogP contribution < -0.4 is 0 Å². The third-order valence-corrected chi connectivity index (χ3v) is 2.17. The molecule has 1 fully saturated rings. The highest BCUT2D eigenvalue weighted by molar-refractivity contribution is 6.40. The summed E-state index contributed by atoms with van der Waals surface area (Å²) in [6, 6.07) is 0. The summed E-state index contributed by atoms with van der Waals surface area (Å²) in [5.41, 5.74) is 0. The van der Waals surface area contributed by atoms with Gasteiger partial charge in [0.2, 0.25) is 0 Å². The second kappa shape index (κ2) is 4.25. The van der Waals surface area contributed by atoms with Gasteiger partial charge >= 0.3 is 0 Å². The van der Waals surface area contributed by atoms with E-state index in [2.05, 4.69) is 12.2 Å². The molecule has 0 amide bonds. The van der Waals surface area contributed by atoms with Gasteiger partial charge in [-0.25, -0.2) is 0 Å². The summed E-state index contributed by atoms with van der Waals surface area (Å²) in [4.78, 5) is 0. The second-order valence-corrected chi connectivity index (χ2v) is 3.63. The zero-order valence-electron chi connectivity index (χ0n) is 5.89. The lowest BCUT2D eigenvalue weighted by molar-refractivity contribution is 0.691. The molecule has 2 rings (SSSR count). The van der Waals surface area contributed by atoms with Crippen LogP contribution >= 0.6 is 23.2 Å². The minimum atomic E-state index is 0.194. The number of allylic oxidation sites excluding steroid dienone is 2. The molecular weight excluding hydrogens is 167 g/mol. The standard InChI is InChI=1S/C7H10.CH2Cl2/c1-2-7-4-3-6(1)5-7;2-1-3/h1-2,6-7H,3-5H2;1H2. The number of hydrogen-bond acceptors (Lipinski definition) is 0. The van der Waals surface area contributed by atoms with E-state index in [1.807, 2.05) is 0 Å². The van der Waals surface area contributed by atoms with E-state index >= 15 is 0 Å². The Morgan fingerprint density at radius 1 is 1.10 bits per heavy atom. The molecule has 0 radical (unpaired) electrons. The van der Waals surface area contributed by atoms with Gasteiger partial charge in [-0.3, -0.25) is 0 Å². The number of halogens is 2. The van der Waals surface area contributed by atoms with Crippen LogP contribution in [0.15, 0.2) is 12.2 Å². The Morgan fingerprint density at radius 2 is 1.50 bits per heavy atom. The normalized spacial score (nSPS) is 33.8. The fraction of sp³-hybridized carbons (Fsp3) is 0.750. The van der Waals surface area contributed by atoms with Crippen LogP contribution in [0.25, 0.3) is 0 Å². The van der Waals surface area contributed by atoms with Crippen LogP contribution in [0.5, 0.6) is 0 Å². The first-order valence-electron chi connectivity index (χ1n) is 3.67. The maximum Gasteiger partial charge on any atom is 0.0967 e. The van der Waals surface area contributed by atoms with E-state index in [1.165, 1.54) is 19.3 Å². The molecule has 58 valence electrons. The zero-order valence-corrected chi connectivity index (χ0v) is 7.41. The maximum atomic E-state index is 4.76. The molecule has 1 saturated carbocycles. The Labute approximate surface area is 72.2 Å². The second-order valence-electron chi connectivity index (χ2n) is 2.82. The molecule has 0 heterocycles. The fourth-order valence-electron chi connectivity index (χ4n) is 1.72. The first-order chi connectivity index (χ1) is 4.86. The predicted octanol–water partition coefficient (Wildman–Crippen LogP) is 3.39. The monoisotopic (exact) mass is 178 g/mol. The molecule has 2 unspecified atom stereocenters. The summed E-state index contributed by atoms with van der Waals surface area (Å²) < 4.78 is 0. The Hall–Kier alpha value is 0.320. The summed E-state index contributed by atoms with van der Waals surface area (Å²) in [6.45, 7) is 0. The minimum absolute atomic E-state index is 0.194. The lowest BCUT2D eigenvalue weighted by atomic mass is 10.1. The fourth-order valence-corrected chi connectivity index (χ4v) is 1.72. The summed E-state index contributed by atoms with van der Waals surface area (Å²) in [5.74, 6) is 1.98. The molecule has 0 aromatic rings. The molecule has 0 aromatic heterocycles. The Bertz CT molecular complexity index is 108. The van der Waals surface area contributed by atoms with Gasteiger partial charge in [0, 0.05) is 0 Å². The van der Waals surface area contributed by atoms with Crippen molar-refractivity contribution in [3.8, 4) is 0 Å². The van der Waals surface area contributed by atoms with Crippen LogP contribution in [0, 0.1) is 11.8 Å². The lowest BCUT2D eigenvalue weighted by Crippen LogP contribution is -1.82. The van der Waals surface area contributed by atoms with Crippen LogP contribution in [-0.2, 0) is 0 Å². The highest BCUT2D eigenvalue weighted by Gasteiger charge is 2.25. The van der Waals surface area contributed by atoms with Crippen LogP contribution in [-0.4, -0.2) is 5.34 Å². The number of alkyl halides is 2. The molecule has 0 saturated heterocycles. The summed E-state index contributed by atoms with van der Waals surface area (Å²) in [6.07, 6.45) is 9.19. The molecule has 0 aromatic carbocycles. The van der Waals surface area contributed by atoms with E-state index in [1.54, 1.807) is 0 Å². The van der Waals surface area contributed by atoms with Crippen molar-refractivity contribution < 1.29 is 0 Å². The molecule has 0 spiro atoms. The van der Waals surface area contributed by atoms with Crippen LogP contribution in [0.1, 0.15) is 19.3 Å². The number of rotatable bonds is 0. The minimum Gasteiger partial charge on any atom is -0.109 e. The Kier molecular flexibility index (Phi) is 3.58. The number of hydrogen-bond donors (Lipinski definition) is 0. The van der Waals surface area contributed by atoms with Gasteiger partial charge in [-0.15, -0.1) is 23.2 Å². The third kappa shape index (κ3) is 2.17. The van der Waals surface area contributed by atoms with E-state index in [9.17, 15) is 0 Å². The predicted molar refractivity (Wildman–Crippen MR) is 46.5 cm³/mol. The summed E-state index contributed by atoms with van der Waals surface area (Å²) in [7, 11) is 0. The van der Waals surface area contributed by atoms with Gasteiger partial charge in [0.15, 0.2) is 0 Å². The van der Waals surface area contributed by atoms with Gasteiger partial charge in [-0.05, 0) is 31.1 Å². The van der Waals surface area contributed by atoms with Gasteiger partial charge in [0.1, 0.15) is 0 Å². The average Bonchev–Trinajstić information content (AvgIpc) is 2.49.